The molecule has 0 spiro atoms. The van der Waals surface area contributed by atoms with E-state index in [1.807, 2.05) is 54.6 Å². The number of carbonyl (C=O) groups is 1. The van der Waals surface area contributed by atoms with Crippen molar-refractivity contribution in [2.75, 3.05) is 25.5 Å². The van der Waals surface area contributed by atoms with Crippen molar-refractivity contribution < 1.29 is 9.90 Å². The Labute approximate surface area is 197 Å². The predicted octanol–water partition coefficient (Wildman–Crippen LogP) is 3.92. The Morgan fingerprint density at radius 1 is 1.13 bits per heavy atom. The third-order valence-corrected chi connectivity index (χ3v) is 5.71. The number of amides is 1. The normalized spacial score (nSPS) is 12.2. The van der Waals surface area contributed by atoms with Gasteiger partial charge in [-0.15, -0.1) is 35.3 Å². The highest BCUT2D eigenvalue weighted by molar-refractivity contribution is 14.0. The van der Waals surface area contributed by atoms with Crippen LogP contribution in [0.5, 0.6) is 0 Å². The van der Waals surface area contributed by atoms with E-state index in [-0.39, 0.29) is 36.4 Å². The topological polar surface area (TPSA) is 85.8 Å². The lowest BCUT2D eigenvalue weighted by Crippen LogP contribution is -2.42. The molecule has 0 aliphatic carbocycles. The van der Waals surface area contributed by atoms with Gasteiger partial charge >= 0.3 is 0 Å². The van der Waals surface area contributed by atoms with Gasteiger partial charge in [-0.05, 0) is 41.6 Å². The first-order chi connectivity index (χ1) is 14.1. The predicted molar refractivity (Wildman–Crippen MR) is 136 cm³/mol. The first kappa shape index (κ1) is 24.1. The molecule has 0 aliphatic rings. The molecule has 0 bridgehead atoms. The summed E-state index contributed by atoms with van der Waals surface area (Å²) < 4.78 is 1.15. The minimum Gasteiger partial charge on any atom is -0.386 e. The summed E-state index contributed by atoms with van der Waals surface area (Å²) in [5.41, 5.74) is 1.95. The molecule has 2 aromatic carbocycles. The number of benzene rings is 2. The number of carbonyl (C=O) groups excluding carboxylic acids is 1. The molecule has 1 amide bonds. The van der Waals surface area contributed by atoms with Crippen LogP contribution in [0, 0.1) is 0 Å². The fourth-order valence-electron chi connectivity index (χ4n) is 2.92. The van der Waals surface area contributed by atoms with Crippen LogP contribution in [0.15, 0.2) is 59.6 Å². The van der Waals surface area contributed by atoms with E-state index in [0.29, 0.717) is 12.5 Å². The lowest BCUT2D eigenvalue weighted by molar-refractivity contribution is -0.115. The Morgan fingerprint density at radius 2 is 1.93 bits per heavy atom. The van der Waals surface area contributed by atoms with Gasteiger partial charge in [0.2, 0.25) is 5.91 Å². The zero-order valence-electron chi connectivity index (χ0n) is 17.0. The molecule has 0 saturated carbocycles. The number of aliphatic hydroxyl groups is 1. The minimum absolute atomic E-state index is 0. The van der Waals surface area contributed by atoms with Crippen LogP contribution in [-0.4, -0.2) is 37.1 Å². The SMILES string of the molecule is CCc1cccc(NC(=O)CNC(=NC)NCC(O)c2cc3ccccc3s2)c1.I. The summed E-state index contributed by atoms with van der Waals surface area (Å²) in [6.45, 7) is 2.45. The highest BCUT2D eigenvalue weighted by Crippen LogP contribution is 2.29. The van der Waals surface area contributed by atoms with E-state index < -0.39 is 6.10 Å². The molecule has 1 aromatic heterocycles. The Hall–Kier alpha value is -2.17. The maximum atomic E-state index is 12.2. The van der Waals surface area contributed by atoms with Crippen molar-refractivity contribution in [2.24, 2.45) is 4.99 Å². The van der Waals surface area contributed by atoms with Crippen molar-refractivity contribution in [3.8, 4) is 0 Å². The van der Waals surface area contributed by atoms with Gasteiger partial charge in [0, 0.05) is 28.9 Å². The van der Waals surface area contributed by atoms with Crippen molar-refractivity contribution in [2.45, 2.75) is 19.4 Å². The Morgan fingerprint density at radius 3 is 2.67 bits per heavy atom. The summed E-state index contributed by atoms with van der Waals surface area (Å²) in [5, 5.41) is 20.5. The van der Waals surface area contributed by atoms with Gasteiger partial charge in [0.05, 0.1) is 6.54 Å². The second kappa shape index (κ2) is 11.9. The number of anilines is 1. The zero-order valence-corrected chi connectivity index (χ0v) is 20.2. The van der Waals surface area contributed by atoms with Gasteiger partial charge in [-0.2, -0.15) is 0 Å². The van der Waals surface area contributed by atoms with Crippen LogP contribution in [0.25, 0.3) is 10.1 Å². The highest BCUT2D eigenvalue weighted by atomic mass is 127. The number of hydrogen-bond acceptors (Lipinski definition) is 4. The van der Waals surface area contributed by atoms with Crippen molar-refractivity contribution >= 4 is 63.0 Å². The molecule has 1 atom stereocenters. The first-order valence-corrected chi connectivity index (χ1v) is 10.4. The van der Waals surface area contributed by atoms with E-state index in [4.69, 9.17) is 0 Å². The number of hydrogen-bond donors (Lipinski definition) is 4. The molecule has 30 heavy (non-hydrogen) atoms. The second-order valence-corrected chi connectivity index (χ2v) is 7.73. The molecule has 0 saturated heterocycles. The molecule has 1 unspecified atom stereocenters. The van der Waals surface area contributed by atoms with E-state index in [0.717, 1.165) is 27.1 Å². The first-order valence-electron chi connectivity index (χ1n) is 9.59. The Kier molecular flexibility index (Phi) is 9.54. The monoisotopic (exact) mass is 538 g/mol. The summed E-state index contributed by atoms with van der Waals surface area (Å²) in [5.74, 6) is 0.300. The van der Waals surface area contributed by atoms with Crippen molar-refractivity contribution in [1.29, 1.82) is 0 Å². The maximum Gasteiger partial charge on any atom is 0.243 e. The van der Waals surface area contributed by atoms with Crippen molar-refractivity contribution in [3.63, 3.8) is 0 Å². The van der Waals surface area contributed by atoms with Crippen LogP contribution >= 0.6 is 35.3 Å². The summed E-state index contributed by atoms with van der Waals surface area (Å²) in [4.78, 5) is 17.2. The molecule has 3 aromatic rings. The molecule has 1 heterocycles. The number of halogens is 1. The van der Waals surface area contributed by atoms with Gasteiger partial charge < -0.3 is 21.1 Å². The number of fused-ring (bicyclic) bond motifs is 1. The summed E-state index contributed by atoms with van der Waals surface area (Å²) in [6.07, 6.45) is 0.261. The molecular formula is C22H27IN4O2S. The van der Waals surface area contributed by atoms with Crippen LogP contribution < -0.4 is 16.0 Å². The van der Waals surface area contributed by atoms with Crippen LogP contribution in [0.3, 0.4) is 0 Å². The zero-order chi connectivity index (χ0) is 20.6. The fourth-order valence-corrected chi connectivity index (χ4v) is 3.97. The molecule has 3 rings (SSSR count). The number of nitrogens with one attached hydrogen (secondary N) is 3. The Bertz CT molecular complexity index is 972. The Balaban J connectivity index is 0.00000320. The van der Waals surface area contributed by atoms with E-state index in [2.05, 4.69) is 27.9 Å². The van der Waals surface area contributed by atoms with Gasteiger partial charge in [0.25, 0.3) is 0 Å². The molecule has 0 radical (unpaired) electrons. The number of guanidine groups is 1. The number of aliphatic hydroxyl groups excluding tert-OH is 1. The maximum absolute atomic E-state index is 12.2. The van der Waals surface area contributed by atoms with Crippen molar-refractivity contribution in [1.82, 2.24) is 10.6 Å². The van der Waals surface area contributed by atoms with E-state index in [9.17, 15) is 9.90 Å². The lowest BCUT2D eigenvalue weighted by atomic mass is 10.1. The summed E-state index contributed by atoms with van der Waals surface area (Å²) >= 11 is 1.57. The van der Waals surface area contributed by atoms with Crippen LogP contribution in [0.4, 0.5) is 5.69 Å². The molecule has 0 fully saturated rings. The van der Waals surface area contributed by atoms with Crippen molar-refractivity contribution in [3.05, 3.63) is 65.0 Å². The van der Waals surface area contributed by atoms with Gasteiger partial charge in [-0.3, -0.25) is 9.79 Å². The van der Waals surface area contributed by atoms with Crippen LogP contribution in [0.1, 0.15) is 23.5 Å². The number of aliphatic imine (C=N–C) groups is 1. The quantitative estimate of drug-likeness (QED) is 0.209. The van der Waals surface area contributed by atoms with Gasteiger partial charge in [0.15, 0.2) is 5.96 Å². The van der Waals surface area contributed by atoms with E-state index in [1.54, 1.807) is 18.4 Å². The molecule has 4 N–H and O–H groups in total. The smallest absolute Gasteiger partial charge is 0.243 e. The fraction of sp³-hybridized carbons (Fsp3) is 0.273. The molecular weight excluding hydrogens is 511 g/mol. The number of nitrogens with zero attached hydrogens (tertiary/aromatic N) is 1. The van der Waals surface area contributed by atoms with Crippen LogP contribution in [-0.2, 0) is 11.2 Å². The molecule has 8 heteroatoms. The minimum atomic E-state index is -0.656. The summed E-state index contributed by atoms with van der Waals surface area (Å²) in [7, 11) is 1.63. The lowest BCUT2D eigenvalue weighted by Gasteiger charge is -2.14. The largest absolute Gasteiger partial charge is 0.386 e. The number of aryl methyl sites for hydroxylation is 1. The van der Waals surface area contributed by atoms with Gasteiger partial charge in [-0.25, -0.2) is 0 Å². The third-order valence-electron chi connectivity index (χ3n) is 4.49. The average Bonchev–Trinajstić information content (AvgIpc) is 3.18. The van der Waals surface area contributed by atoms with Gasteiger partial charge in [0.1, 0.15) is 6.10 Å². The molecule has 0 aliphatic heterocycles. The molecule has 160 valence electrons. The second-order valence-electron chi connectivity index (χ2n) is 6.61. The highest BCUT2D eigenvalue weighted by Gasteiger charge is 2.12. The molecule has 6 nitrogen and oxygen atoms in total. The number of rotatable bonds is 7. The van der Waals surface area contributed by atoms with Crippen LogP contribution in [0.2, 0.25) is 0 Å². The standard InChI is InChI=1S/C22H26N4O2S.HI/c1-3-15-7-6-9-17(11-15)26-21(28)14-25-22(23-2)24-13-18(27)20-12-16-8-4-5-10-19(16)29-20;/h4-12,18,27H,3,13-14H2,1-2H3,(H,26,28)(H2,23,24,25);1H. The van der Waals surface area contributed by atoms with E-state index >= 15 is 0 Å². The average molecular weight is 538 g/mol. The van der Waals surface area contributed by atoms with Gasteiger partial charge in [-0.1, -0.05) is 37.3 Å². The number of thiophene rings is 1. The summed E-state index contributed by atoms with van der Waals surface area (Å²) in [6, 6.07) is 17.8. The third kappa shape index (κ3) is 6.68. The van der Waals surface area contributed by atoms with E-state index in [1.165, 1.54) is 5.56 Å².